The molecule has 0 saturated carbocycles. The normalized spacial score (nSPS) is 16.2. The molecule has 1 fully saturated rings. The van der Waals surface area contributed by atoms with Gasteiger partial charge in [0.1, 0.15) is 11.1 Å². The van der Waals surface area contributed by atoms with E-state index >= 15 is 0 Å². The Morgan fingerprint density at radius 3 is 2.79 bits per heavy atom. The van der Waals surface area contributed by atoms with Gasteiger partial charge in [0, 0.05) is 19.6 Å². The summed E-state index contributed by atoms with van der Waals surface area (Å²) in [7, 11) is 2.18. The van der Waals surface area contributed by atoms with Gasteiger partial charge in [0.25, 0.3) is 0 Å². The van der Waals surface area contributed by atoms with Gasteiger partial charge in [0.15, 0.2) is 5.96 Å². The van der Waals surface area contributed by atoms with E-state index < -0.39 is 0 Å². The minimum Gasteiger partial charge on any atom is -0.370 e. The maximum Gasteiger partial charge on any atom is 0.185 e. The lowest BCUT2D eigenvalue weighted by atomic mass is 10.0. The van der Waals surface area contributed by atoms with Crippen molar-refractivity contribution in [3.05, 3.63) is 64.7 Å². The van der Waals surface area contributed by atoms with E-state index in [0.29, 0.717) is 0 Å². The van der Waals surface area contributed by atoms with Gasteiger partial charge in [0.05, 0.1) is 16.3 Å². The van der Waals surface area contributed by atoms with Crippen molar-refractivity contribution in [2.75, 3.05) is 26.7 Å². The summed E-state index contributed by atoms with van der Waals surface area (Å²) < 4.78 is 7.97. The van der Waals surface area contributed by atoms with Crippen LogP contribution in [-0.2, 0) is 11.2 Å². The van der Waals surface area contributed by atoms with Crippen LogP contribution in [0.25, 0.3) is 10.2 Å². The van der Waals surface area contributed by atoms with Crippen LogP contribution in [0.3, 0.4) is 0 Å². The number of rotatable bonds is 10. The van der Waals surface area contributed by atoms with Crippen LogP contribution < -0.4 is 11.1 Å². The highest BCUT2D eigenvalue weighted by Gasteiger charge is 2.26. The number of para-hydroxylation sites is 1. The lowest BCUT2D eigenvalue weighted by Crippen LogP contribution is -2.35. The quantitative estimate of drug-likeness (QED) is 0.230. The molecular weight excluding hydrogens is 430 g/mol. The Morgan fingerprint density at radius 1 is 1.18 bits per heavy atom. The number of benzene rings is 2. The molecular formula is C26H35N5OS. The number of aromatic nitrogens is 1. The lowest BCUT2D eigenvalue weighted by Gasteiger charge is -2.31. The van der Waals surface area contributed by atoms with Gasteiger partial charge in [-0.3, -0.25) is 5.41 Å². The smallest absolute Gasteiger partial charge is 0.185 e. The third-order valence-electron chi connectivity index (χ3n) is 6.24. The number of hydrogen-bond donors (Lipinski definition) is 3. The number of likely N-dealkylation sites (tertiary alicyclic amines) is 1. The van der Waals surface area contributed by atoms with Crippen molar-refractivity contribution in [1.29, 1.82) is 5.41 Å². The molecule has 7 heteroatoms. The predicted molar refractivity (Wildman–Crippen MR) is 137 cm³/mol. The number of guanidine groups is 1. The molecule has 6 nitrogen and oxygen atoms in total. The first kappa shape index (κ1) is 23.7. The molecule has 2 heterocycles. The molecule has 1 unspecified atom stereocenters. The average Bonchev–Trinajstić information content (AvgIpc) is 3.25. The number of nitrogens with two attached hydrogens (primary N) is 1. The molecule has 4 rings (SSSR count). The molecule has 0 radical (unpaired) electrons. The molecule has 1 aromatic heterocycles. The second-order valence-electron chi connectivity index (χ2n) is 8.93. The van der Waals surface area contributed by atoms with Gasteiger partial charge in [-0.25, -0.2) is 4.98 Å². The average molecular weight is 466 g/mol. The van der Waals surface area contributed by atoms with Gasteiger partial charge >= 0.3 is 0 Å². The van der Waals surface area contributed by atoms with Crippen LogP contribution in [0.15, 0.2) is 48.5 Å². The summed E-state index contributed by atoms with van der Waals surface area (Å²) in [5.74, 6) is 0.0493. The maximum absolute atomic E-state index is 7.23. The van der Waals surface area contributed by atoms with Crippen molar-refractivity contribution in [2.45, 2.75) is 50.7 Å². The molecule has 1 aliphatic rings. The number of ether oxygens (including phenoxy) is 1. The van der Waals surface area contributed by atoms with E-state index in [4.69, 9.17) is 20.9 Å². The van der Waals surface area contributed by atoms with E-state index in [2.05, 4.69) is 59.7 Å². The fourth-order valence-electron chi connectivity index (χ4n) is 4.36. The molecule has 1 saturated heterocycles. The summed E-state index contributed by atoms with van der Waals surface area (Å²) >= 11 is 1.74. The van der Waals surface area contributed by atoms with Gasteiger partial charge in [-0.15, -0.1) is 11.3 Å². The zero-order valence-corrected chi connectivity index (χ0v) is 20.2. The highest BCUT2D eigenvalue weighted by Crippen LogP contribution is 2.35. The van der Waals surface area contributed by atoms with Gasteiger partial charge in [-0.1, -0.05) is 42.8 Å². The van der Waals surface area contributed by atoms with Crippen LogP contribution in [-0.4, -0.2) is 48.6 Å². The maximum atomic E-state index is 7.23. The molecule has 0 bridgehead atoms. The van der Waals surface area contributed by atoms with Crippen LogP contribution in [0, 0.1) is 5.41 Å². The summed E-state index contributed by atoms with van der Waals surface area (Å²) in [4.78, 5) is 7.33. The fraction of sp³-hybridized carbons (Fsp3) is 0.462. The van der Waals surface area contributed by atoms with E-state index in [1.807, 2.05) is 6.07 Å². The highest BCUT2D eigenvalue weighted by molar-refractivity contribution is 7.18. The van der Waals surface area contributed by atoms with E-state index in [1.165, 1.54) is 15.8 Å². The molecule has 4 N–H and O–H groups in total. The molecule has 0 spiro atoms. The number of fused-ring (bicyclic) bond motifs is 1. The van der Waals surface area contributed by atoms with Crippen LogP contribution in [0.4, 0.5) is 0 Å². The van der Waals surface area contributed by atoms with Crippen molar-refractivity contribution >= 4 is 27.5 Å². The van der Waals surface area contributed by atoms with Gasteiger partial charge in [-0.05, 0) is 62.4 Å². The number of unbranched alkanes of at least 4 members (excludes halogenated alkanes) is 2. The van der Waals surface area contributed by atoms with Crippen molar-refractivity contribution < 1.29 is 4.74 Å². The predicted octanol–water partition coefficient (Wildman–Crippen LogP) is 4.69. The molecule has 1 aliphatic heterocycles. The Hall–Kier alpha value is -2.48. The molecule has 33 heavy (non-hydrogen) atoms. The Kier molecular flexibility index (Phi) is 8.31. The van der Waals surface area contributed by atoms with Crippen molar-refractivity contribution in [2.24, 2.45) is 5.73 Å². The van der Waals surface area contributed by atoms with Crippen molar-refractivity contribution in [3.8, 4) is 0 Å². The first-order valence-corrected chi connectivity index (χ1v) is 12.8. The topological polar surface area (TPSA) is 87.3 Å². The first-order chi connectivity index (χ1) is 16.1. The van der Waals surface area contributed by atoms with Gasteiger partial charge in [0.2, 0.25) is 0 Å². The lowest BCUT2D eigenvalue weighted by molar-refractivity contribution is -0.0234. The number of aryl methyl sites for hydroxylation is 1. The highest BCUT2D eigenvalue weighted by atomic mass is 32.1. The van der Waals surface area contributed by atoms with E-state index in [9.17, 15) is 0 Å². The SMILES string of the molecule is CN1CCC(OC(c2cccc(CCCCCNC(=N)N)c2)c2nc3ccccc3s2)CC1. The Labute approximate surface area is 200 Å². The largest absolute Gasteiger partial charge is 0.370 e. The number of hydrogen-bond acceptors (Lipinski definition) is 5. The van der Waals surface area contributed by atoms with Crippen molar-refractivity contribution in [1.82, 2.24) is 15.2 Å². The molecule has 1 atom stereocenters. The van der Waals surface area contributed by atoms with E-state index in [0.717, 1.165) is 68.7 Å². The molecule has 0 amide bonds. The number of nitrogens with zero attached hydrogens (tertiary/aromatic N) is 2. The summed E-state index contributed by atoms with van der Waals surface area (Å²) in [5.41, 5.74) is 8.93. The van der Waals surface area contributed by atoms with Gasteiger partial charge < -0.3 is 20.7 Å². The standard InChI is InChI=1S/C26H35N5OS/c1-31-16-13-21(14-17-31)32-24(25-30-22-11-4-5-12-23(22)33-25)20-10-7-9-19(18-20)8-3-2-6-15-29-26(27)28/h4-5,7,9-12,18,21,24H,2-3,6,8,13-17H2,1H3,(H4,27,28,29). The molecule has 176 valence electrons. The third-order valence-corrected chi connectivity index (χ3v) is 7.32. The van der Waals surface area contributed by atoms with Crippen LogP contribution in [0.2, 0.25) is 0 Å². The monoisotopic (exact) mass is 465 g/mol. The number of thiazole rings is 1. The minimum absolute atomic E-state index is 0.0493. The molecule has 0 aliphatic carbocycles. The second-order valence-corrected chi connectivity index (χ2v) is 10.00. The summed E-state index contributed by atoms with van der Waals surface area (Å²) in [6, 6.07) is 17.2. The number of nitrogens with one attached hydrogen (secondary N) is 2. The van der Waals surface area contributed by atoms with Crippen LogP contribution in [0.5, 0.6) is 0 Å². The number of piperidine rings is 1. The van der Waals surface area contributed by atoms with Gasteiger partial charge in [-0.2, -0.15) is 0 Å². The van der Waals surface area contributed by atoms with E-state index in [1.54, 1.807) is 11.3 Å². The third kappa shape index (κ3) is 6.76. The summed E-state index contributed by atoms with van der Waals surface area (Å²) in [6.45, 7) is 2.92. The molecule has 2 aromatic carbocycles. The van der Waals surface area contributed by atoms with Crippen molar-refractivity contribution in [3.63, 3.8) is 0 Å². The fourth-order valence-corrected chi connectivity index (χ4v) is 5.39. The molecule has 3 aromatic rings. The minimum atomic E-state index is -0.129. The Morgan fingerprint density at radius 2 is 2.00 bits per heavy atom. The first-order valence-electron chi connectivity index (χ1n) is 11.9. The Balaban J connectivity index is 1.47. The second kappa shape index (κ2) is 11.6. The Bertz CT molecular complexity index is 1010. The summed E-state index contributed by atoms with van der Waals surface area (Å²) in [5, 5.41) is 11.1. The zero-order valence-electron chi connectivity index (χ0n) is 19.4. The van der Waals surface area contributed by atoms with Crippen LogP contribution >= 0.6 is 11.3 Å². The zero-order chi connectivity index (χ0) is 23.0. The summed E-state index contributed by atoms with van der Waals surface area (Å²) in [6.07, 6.45) is 6.54. The van der Waals surface area contributed by atoms with Crippen LogP contribution in [0.1, 0.15) is 54.3 Å². The van der Waals surface area contributed by atoms with E-state index in [-0.39, 0.29) is 18.2 Å².